The molecule has 0 bridgehead atoms. The summed E-state index contributed by atoms with van der Waals surface area (Å²) in [5.41, 5.74) is 0.862. The maximum Gasteiger partial charge on any atom is 0.291 e. The van der Waals surface area contributed by atoms with Crippen molar-refractivity contribution in [3.05, 3.63) is 64.6 Å². The van der Waals surface area contributed by atoms with Gasteiger partial charge in [0.25, 0.3) is 11.8 Å². The second kappa shape index (κ2) is 12.1. The van der Waals surface area contributed by atoms with Gasteiger partial charge in [0.1, 0.15) is 0 Å². The molecule has 1 aliphatic heterocycles. The number of hydrogen-bond donors (Lipinski definition) is 1. The SMILES string of the molecule is COc1ccc(-c2cnc(C(=O)Nc3ccc(C(=O)N4CCN(CCN(C)C)CC4)c(Cl)c3)n2C)c(F)c1F. The van der Waals surface area contributed by atoms with Gasteiger partial charge in [-0.3, -0.25) is 14.5 Å². The van der Waals surface area contributed by atoms with E-state index in [0.29, 0.717) is 24.3 Å². The van der Waals surface area contributed by atoms with Crippen LogP contribution in [-0.2, 0) is 7.05 Å². The summed E-state index contributed by atoms with van der Waals surface area (Å²) in [6, 6.07) is 7.33. The topological polar surface area (TPSA) is 82.9 Å². The maximum atomic E-state index is 14.6. The molecule has 0 aliphatic carbocycles. The Bertz CT molecular complexity index is 1370. The third-order valence-corrected chi connectivity index (χ3v) is 7.03. The van der Waals surface area contributed by atoms with Gasteiger partial charge in [0.05, 0.1) is 29.6 Å². The fraction of sp³-hybridized carbons (Fsp3) is 0.370. The van der Waals surface area contributed by atoms with Gasteiger partial charge < -0.3 is 24.4 Å². The van der Waals surface area contributed by atoms with Crippen LogP contribution in [-0.4, -0.2) is 96.5 Å². The molecule has 1 N–H and O–H groups in total. The second-order valence-electron chi connectivity index (χ2n) is 9.56. The first-order valence-electron chi connectivity index (χ1n) is 12.4. The molecule has 0 saturated carbocycles. The lowest BCUT2D eigenvalue weighted by Gasteiger charge is -2.35. The Morgan fingerprint density at radius 2 is 1.82 bits per heavy atom. The molecule has 2 amide bonds. The van der Waals surface area contributed by atoms with E-state index in [1.54, 1.807) is 17.0 Å². The number of amides is 2. The number of halogens is 3. The van der Waals surface area contributed by atoms with E-state index in [0.717, 1.165) is 26.2 Å². The molecule has 3 aromatic rings. The number of piperazine rings is 1. The minimum atomic E-state index is -1.13. The molecule has 208 valence electrons. The van der Waals surface area contributed by atoms with Crippen LogP contribution < -0.4 is 10.1 Å². The van der Waals surface area contributed by atoms with E-state index in [4.69, 9.17) is 16.3 Å². The molecular formula is C27H31ClF2N6O3. The molecule has 4 rings (SSSR count). The molecule has 2 heterocycles. The standard InChI is InChI=1S/C27H31ClF2N6O3/c1-33(2)9-10-35-11-13-36(14-12-35)27(38)18-6-5-17(15-20(18)28)32-26(37)25-31-16-21(34(25)3)19-7-8-22(39-4)24(30)23(19)29/h5-8,15-16H,9-14H2,1-4H3,(H,32,37). The molecule has 0 atom stereocenters. The van der Waals surface area contributed by atoms with Crippen LogP contribution in [0, 0.1) is 11.6 Å². The smallest absolute Gasteiger partial charge is 0.291 e. The molecule has 0 unspecified atom stereocenters. The fourth-order valence-electron chi connectivity index (χ4n) is 4.40. The summed E-state index contributed by atoms with van der Waals surface area (Å²) in [5, 5.41) is 2.91. The number of rotatable bonds is 8. The van der Waals surface area contributed by atoms with Gasteiger partial charge >= 0.3 is 0 Å². The summed E-state index contributed by atoms with van der Waals surface area (Å²) in [5.74, 6) is -3.22. The number of likely N-dealkylation sites (N-methyl/N-ethyl adjacent to an activating group) is 1. The van der Waals surface area contributed by atoms with Crippen LogP contribution in [0.2, 0.25) is 5.02 Å². The number of carbonyl (C=O) groups is 2. The summed E-state index contributed by atoms with van der Waals surface area (Å²) in [7, 11) is 6.84. The van der Waals surface area contributed by atoms with Gasteiger partial charge in [0.2, 0.25) is 5.82 Å². The van der Waals surface area contributed by atoms with Gasteiger partial charge in [-0.1, -0.05) is 11.6 Å². The van der Waals surface area contributed by atoms with Crippen molar-refractivity contribution in [1.82, 2.24) is 24.3 Å². The molecule has 0 radical (unpaired) electrons. The van der Waals surface area contributed by atoms with Crippen LogP contribution in [0.3, 0.4) is 0 Å². The lowest BCUT2D eigenvalue weighted by atomic mass is 10.1. The first kappa shape index (κ1) is 28.5. The highest BCUT2D eigenvalue weighted by Gasteiger charge is 2.25. The Balaban J connectivity index is 1.42. The van der Waals surface area contributed by atoms with Crippen molar-refractivity contribution in [3.8, 4) is 17.0 Å². The third kappa shape index (κ3) is 6.21. The van der Waals surface area contributed by atoms with E-state index >= 15 is 0 Å². The molecule has 1 fully saturated rings. The van der Waals surface area contributed by atoms with E-state index in [2.05, 4.69) is 20.1 Å². The number of benzene rings is 2. The first-order chi connectivity index (χ1) is 18.6. The predicted molar refractivity (Wildman–Crippen MR) is 145 cm³/mol. The summed E-state index contributed by atoms with van der Waals surface area (Å²) in [4.78, 5) is 36.3. The van der Waals surface area contributed by atoms with Crippen molar-refractivity contribution >= 4 is 29.1 Å². The number of nitrogens with one attached hydrogen (secondary N) is 1. The van der Waals surface area contributed by atoms with Gasteiger partial charge in [-0.15, -0.1) is 0 Å². The average Bonchev–Trinajstić information content (AvgIpc) is 3.30. The lowest BCUT2D eigenvalue weighted by Crippen LogP contribution is -2.50. The van der Waals surface area contributed by atoms with Crippen molar-refractivity contribution in [2.45, 2.75) is 0 Å². The molecule has 1 aliphatic rings. The Labute approximate surface area is 230 Å². The van der Waals surface area contributed by atoms with E-state index in [9.17, 15) is 18.4 Å². The monoisotopic (exact) mass is 560 g/mol. The number of methoxy groups -OCH3 is 1. The van der Waals surface area contributed by atoms with Crippen molar-refractivity contribution in [1.29, 1.82) is 0 Å². The minimum Gasteiger partial charge on any atom is -0.494 e. The van der Waals surface area contributed by atoms with Crippen LogP contribution in [0.15, 0.2) is 36.5 Å². The van der Waals surface area contributed by atoms with Crippen molar-refractivity contribution in [2.75, 3.05) is 65.8 Å². The number of anilines is 1. The van der Waals surface area contributed by atoms with Crippen molar-refractivity contribution < 1.29 is 23.1 Å². The van der Waals surface area contributed by atoms with Gasteiger partial charge in [-0.2, -0.15) is 4.39 Å². The summed E-state index contributed by atoms with van der Waals surface area (Å²) in [6.07, 6.45) is 1.29. The van der Waals surface area contributed by atoms with Crippen molar-refractivity contribution in [2.24, 2.45) is 7.05 Å². The highest BCUT2D eigenvalue weighted by atomic mass is 35.5. The highest BCUT2D eigenvalue weighted by Crippen LogP contribution is 2.30. The maximum absolute atomic E-state index is 14.6. The lowest BCUT2D eigenvalue weighted by molar-refractivity contribution is 0.0630. The Morgan fingerprint density at radius 3 is 2.46 bits per heavy atom. The second-order valence-corrected chi connectivity index (χ2v) is 9.96. The highest BCUT2D eigenvalue weighted by molar-refractivity contribution is 6.34. The number of imidazole rings is 1. The molecule has 1 saturated heterocycles. The number of hydrogen-bond acceptors (Lipinski definition) is 6. The zero-order chi connectivity index (χ0) is 28.3. The molecule has 39 heavy (non-hydrogen) atoms. The number of ether oxygens (including phenoxy) is 1. The first-order valence-corrected chi connectivity index (χ1v) is 12.8. The van der Waals surface area contributed by atoms with Gasteiger partial charge in [0.15, 0.2) is 17.4 Å². The largest absolute Gasteiger partial charge is 0.494 e. The quantitative estimate of drug-likeness (QED) is 0.453. The van der Waals surface area contributed by atoms with Gasteiger partial charge in [-0.25, -0.2) is 9.37 Å². The summed E-state index contributed by atoms with van der Waals surface area (Å²) >= 11 is 6.44. The van der Waals surface area contributed by atoms with E-state index in [-0.39, 0.29) is 33.8 Å². The molecule has 1 aromatic heterocycles. The van der Waals surface area contributed by atoms with Crippen LogP contribution in [0.1, 0.15) is 21.0 Å². The zero-order valence-electron chi connectivity index (χ0n) is 22.3. The average molecular weight is 561 g/mol. The van der Waals surface area contributed by atoms with Crippen LogP contribution >= 0.6 is 11.6 Å². The Morgan fingerprint density at radius 1 is 1.10 bits per heavy atom. The van der Waals surface area contributed by atoms with Gasteiger partial charge in [0, 0.05) is 57.6 Å². The van der Waals surface area contributed by atoms with E-state index < -0.39 is 17.5 Å². The van der Waals surface area contributed by atoms with Gasteiger partial charge in [-0.05, 0) is 44.4 Å². The molecule has 12 heteroatoms. The summed E-state index contributed by atoms with van der Waals surface area (Å²) < 4.78 is 35.0. The number of aromatic nitrogens is 2. The summed E-state index contributed by atoms with van der Waals surface area (Å²) in [6.45, 7) is 4.73. The van der Waals surface area contributed by atoms with Crippen LogP contribution in [0.5, 0.6) is 5.75 Å². The normalized spacial score (nSPS) is 14.1. The number of nitrogens with zero attached hydrogens (tertiary/aromatic N) is 5. The van der Waals surface area contributed by atoms with E-state index in [1.165, 1.54) is 43.1 Å². The molecular weight excluding hydrogens is 530 g/mol. The molecule has 0 spiro atoms. The fourth-order valence-corrected chi connectivity index (χ4v) is 4.66. The molecule has 9 nitrogen and oxygen atoms in total. The number of carbonyl (C=O) groups excluding carboxylic acids is 2. The zero-order valence-corrected chi connectivity index (χ0v) is 23.1. The van der Waals surface area contributed by atoms with E-state index in [1.807, 2.05) is 14.1 Å². The predicted octanol–water partition coefficient (Wildman–Crippen LogP) is 3.60. The van der Waals surface area contributed by atoms with Crippen LogP contribution in [0.4, 0.5) is 14.5 Å². The Hall–Kier alpha value is -3.54. The van der Waals surface area contributed by atoms with Crippen molar-refractivity contribution in [3.63, 3.8) is 0 Å². The Kier molecular flexibility index (Phi) is 8.83. The minimum absolute atomic E-state index is 0.0240. The molecule has 2 aromatic carbocycles. The van der Waals surface area contributed by atoms with Crippen LogP contribution in [0.25, 0.3) is 11.3 Å². The third-order valence-electron chi connectivity index (χ3n) is 6.71.